The molecule has 4 heteroatoms. The molecule has 0 saturated heterocycles. The minimum atomic E-state index is -0.377. The highest BCUT2D eigenvalue weighted by molar-refractivity contribution is 5.81. The Hall–Kier alpha value is -1.55. The van der Waals surface area contributed by atoms with Gasteiger partial charge >= 0.3 is 0 Å². The lowest BCUT2D eigenvalue weighted by molar-refractivity contribution is -0.122. The summed E-state index contributed by atoms with van der Waals surface area (Å²) >= 11 is 0. The maximum Gasteiger partial charge on any atom is 0.236 e. The smallest absolute Gasteiger partial charge is 0.236 e. The monoisotopic (exact) mass is 275 g/mol. The van der Waals surface area contributed by atoms with E-state index >= 15 is 0 Å². The van der Waals surface area contributed by atoms with Gasteiger partial charge in [-0.1, -0.05) is 31.5 Å². The van der Waals surface area contributed by atoms with Crippen molar-refractivity contribution in [2.24, 2.45) is 5.73 Å². The quantitative estimate of drug-likeness (QED) is 0.830. The molecular weight excluding hydrogens is 250 g/mol. The van der Waals surface area contributed by atoms with Crippen molar-refractivity contribution in [1.82, 2.24) is 5.32 Å². The van der Waals surface area contributed by atoms with Gasteiger partial charge < -0.3 is 16.0 Å². The largest absolute Gasteiger partial charge is 0.366 e. The summed E-state index contributed by atoms with van der Waals surface area (Å²) in [6.45, 7) is 5.85. The second-order valence-corrected chi connectivity index (χ2v) is 5.56. The molecule has 2 atom stereocenters. The highest BCUT2D eigenvalue weighted by Gasteiger charge is 2.23. The third-order valence-electron chi connectivity index (χ3n) is 3.96. The van der Waals surface area contributed by atoms with Crippen LogP contribution in [0.15, 0.2) is 24.3 Å². The Morgan fingerprint density at radius 3 is 2.95 bits per heavy atom. The molecule has 2 rings (SSSR count). The normalized spacial score (nSPS) is 16.6. The highest BCUT2D eigenvalue weighted by Crippen LogP contribution is 2.28. The Labute approximate surface area is 121 Å². The zero-order valence-electron chi connectivity index (χ0n) is 12.4. The molecule has 3 N–H and O–H groups in total. The van der Waals surface area contributed by atoms with Gasteiger partial charge in [0.15, 0.2) is 0 Å². The summed E-state index contributed by atoms with van der Waals surface area (Å²) in [7, 11) is 0. The van der Waals surface area contributed by atoms with Gasteiger partial charge in [0.2, 0.25) is 5.91 Å². The lowest BCUT2D eigenvalue weighted by Gasteiger charge is -2.28. The van der Waals surface area contributed by atoms with Crippen molar-refractivity contribution in [2.75, 3.05) is 18.0 Å². The molecule has 0 spiro atoms. The fraction of sp³-hybridized carbons (Fsp3) is 0.562. The SMILES string of the molecule is CCCC(N)C(=O)NCC(C)N1CCc2ccccc21. The first-order chi connectivity index (χ1) is 9.63. The van der Waals surface area contributed by atoms with Crippen LogP contribution in [0.4, 0.5) is 5.69 Å². The van der Waals surface area contributed by atoms with Crippen molar-refractivity contribution in [2.45, 2.75) is 45.2 Å². The maximum atomic E-state index is 11.8. The van der Waals surface area contributed by atoms with E-state index in [1.165, 1.54) is 11.3 Å². The standard InChI is InChI=1S/C16H25N3O/c1-3-6-14(17)16(20)18-11-12(2)19-10-9-13-7-4-5-8-15(13)19/h4-5,7-8,12,14H,3,6,9-11,17H2,1-2H3,(H,18,20). The third-order valence-corrected chi connectivity index (χ3v) is 3.96. The predicted octanol–water partition coefficient (Wildman–Crippen LogP) is 1.68. The number of amides is 1. The molecule has 0 aliphatic carbocycles. The van der Waals surface area contributed by atoms with Gasteiger partial charge in [-0.2, -0.15) is 0 Å². The fourth-order valence-electron chi connectivity index (χ4n) is 2.75. The van der Waals surface area contributed by atoms with Crippen molar-refractivity contribution < 1.29 is 4.79 Å². The van der Waals surface area contributed by atoms with Gasteiger partial charge in [-0.05, 0) is 31.4 Å². The number of nitrogens with one attached hydrogen (secondary N) is 1. The summed E-state index contributed by atoms with van der Waals surface area (Å²) in [6.07, 6.45) is 2.76. The second kappa shape index (κ2) is 6.75. The van der Waals surface area contributed by atoms with E-state index in [1.54, 1.807) is 0 Å². The number of anilines is 1. The molecule has 0 aromatic heterocycles. The van der Waals surface area contributed by atoms with Crippen molar-refractivity contribution in [3.63, 3.8) is 0 Å². The van der Waals surface area contributed by atoms with Crippen LogP contribution in [0.1, 0.15) is 32.3 Å². The van der Waals surface area contributed by atoms with Gasteiger partial charge in [-0.15, -0.1) is 0 Å². The molecule has 1 aromatic rings. The Bertz CT molecular complexity index is 461. The van der Waals surface area contributed by atoms with Gasteiger partial charge in [-0.25, -0.2) is 0 Å². The van der Waals surface area contributed by atoms with Gasteiger partial charge in [0.05, 0.1) is 6.04 Å². The van der Waals surface area contributed by atoms with Crippen LogP contribution >= 0.6 is 0 Å². The van der Waals surface area contributed by atoms with Crippen molar-refractivity contribution in [3.05, 3.63) is 29.8 Å². The predicted molar refractivity (Wildman–Crippen MR) is 82.8 cm³/mol. The topological polar surface area (TPSA) is 58.4 Å². The fourth-order valence-corrected chi connectivity index (χ4v) is 2.75. The molecule has 4 nitrogen and oxygen atoms in total. The Morgan fingerprint density at radius 2 is 2.20 bits per heavy atom. The van der Waals surface area contributed by atoms with E-state index in [1.807, 2.05) is 6.92 Å². The number of hydrogen-bond acceptors (Lipinski definition) is 3. The van der Waals surface area contributed by atoms with E-state index in [0.717, 1.165) is 25.8 Å². The summed E-state index contributed by atoms with van der Waals surface area (Å²) in [4.78, 5) is 14.2. The van der Waals surface area contributed by atoms with Crippen LogP contribution < -0.4 is 16.0 Å². The molecule has 1 amide bonds. The number of carbonyl (C=O) groups is 1. The summed E-state index contributed by atoms with van der Waals surface area (Å²) < 4.78 is 0. The number of rotatable bonds is 6. The van der Waals surface area contributed by atoms with Gasteiger partial charge in [-0.3, -0.25) is 4.79 Å². The molecule has 1 heterocycles. The van der Waals surface area contributed by atoms with E-state index in [9.17, 15) is 4.79 Å². The van der Waals surface area contributed by atoms with Crippen LogP contribution in [0, 0.1) is 0 Å². The Morgan fingerprint density at radius 1 is 1.45 bits per heavy atom. The molecule has 1 aliphatic rings. The first-order valence-corrected chi connectivity index (χ1v) is 7.51. The van der Waals surface area contributed by atoms with Gasteiger partial charge in [0, 0.05) is 24.8 Å². The summed E-state index contributed by atoms with van der Waals surface area (Å²) in [5.41, 5.74) is 8.51. The number of benzene rings is 1. The van der Waals surface area contributed by atoms with E-state index in [2.05, 4.69) is 41.4 Å². The average molecular weight is 275 g/mol. The average Bonchev–Trinajstić information content (AvgIpc) is 2.88. The lowest BCUT2D eigenvalue weighted by atomic mass is 10.1. The first-order valence-electron chi connectivity index (χ1n) is 7.51. The Kier molecular flexibility index (Phi) is 5.01. The molecule has 0 fully saturated rings. The summed E-state index contributed by atoms with van der Waals surface area (Å²) in [5.74, 6) is -0.0359. The zero-order valence-corrected chi connectivity index (χ0v) is 12.4. The minimum Gasteiger partial charge on any atom is -0.366 e. The van der Waals surface area contributed by atoms with Crippen molar-refractivity contribution >= 4 is 11.6 Å². The second-order valence-electron chi connectivity index (χ2n) is 5.56. The number of nitrogens with zero attached hydrogens (tertiary/aromatic N) is 1. The van der Waals surface area contributed by atoms with Gasteiger partial charge in [0.25, 0.3) is 0 Å². The van der Waals surface area contributed by atoms with Crippen LogP contribution in [-0.2, 0) is 11.2 Å². The van der Waals surface area contributed by atoms with Crippen LogP contribution in [0.3, 0.4) is 0 Å². The first kappa shape index (κ1) is 14.9. The Balaban J connectivity index is 1.87. The number of nitrogens with two attached hydrogens (primary N) is 1. The summed E-state index contributed by atoms with van der Waals surface area (Å²) in [5, 5.41) is 2.97. The lowest BCUT2D eigenvalue weighted by Crippen LogP contribution is -2.46. The number of hydrogen-bond donors (Lipinski definition) is 2. The molecule has 110 valence electrons. The van der Waals surface area contributed by atoms with E-state index in [0.29, 0.717) is 6.54 Å². The number of para-hydroxylation sites is 1. The molecule has 2 unspecified atom stereocenters. The van der Waals surface area contributed by atoms with Crippen molar-refractivity contribution in [3.8, 4) is 0 Å². The molecule has 0 saturated carbocycles. The summed E-state index contributed by atoms with van der Waals surface area (Å²) in [6, 6.07) is 8.40. The van der Waals surface area contributed by atoms with E-state index in [4.69, 9.17) is 5.73 Å². The molecule has 1 aromatic carbocycles. The van der Waals surface area contributed by atoms with E-state index < -0.39 is 0 Å². The highest BCUT2D eigenvalue weighted by atomic mass is 16.2. The van der Waals surface area contributed by atoms with E-state index in [-0.39, 0.29) is 18.0 Å². The third kappa shape index (κ3) is 3.31. The maximum absolute atomic E-state index is 11.8. The van der Waals surface area contributed by atoms with Crippen LogP contribution in [0.2, 0.25) is 0 Å². The number of fused-ring (bicyclic) bond motifs is 1. The van der Waals surface area contributed by atoms with Gasteiger partial charge in [0.1, 0.15) is 0 Å². The van der Waals surface area contributed by atoms with Crippen LogP contribution in [-0.4, -0.2) is 31.1 Å². The molecule has 0 bridgehead atoms. The minimum absolute atomic E-state index is 0.0359. The molecular formula is C16H25N3O. The van der Waals surface area contributed by atoms with Crippen LogP contribution in [0.25, 0.3) is 0 Å². The molecule has 0 radical (unpaired) electrons. The molecule has 1 aliphatic heterocycles. The zero-order chi connectivity index (χ0) is 14.5. The number of carbonyl (C=O) groups excluding carboxylic acids is 1. The van der Waals surface area contributed by atoms with Crippen LogP contribution in [0.5, 0.6) is 0 Å². The van der Waals surface area contributed by atoms with Crippen molar-refractivity contribution in [1.29, 1.82) is 0 Å². The molecule has 20 heavy (non-hydrogen) atoms.